The lowest BCUT2D eigenvalue weighted by molar-refractivity contribution is -0.154. The first-order valence-electron chi connectivity index (χ1n) is 11.1. The predicted octanol–water partition coefficient (Wildman–Crippen LogP) is 5.80. The van der Waals surface area contributed by atoms with Crippen molar-refractivity contribution in [3.05, 3.63) is 0 Å². The average molecular weight is 373 g/mol. The van der Waals surface area contributed by atoms with Crippen LogP contribution in [0.1, 0.15) is 110 Å². The Bertz CT molecular complexity index is 294. The van der Waals surface area contributed by atoms with Crippen LogP contribution in [-0.2, 0) is 14.3 Å². The first-order valence-corrected chi connectivity index (χ1v) is 11.1. The van der Waals surface area contributed by atoms with E-state index in [0.717, 1.165) is 25.7 Å². The number of hydrogen-bond acceptors (Lipinski definition) is 4. The minimum absolute atomic E-state index is 0.169. The minimum Gasteiger partial charge on any atom is -0.457 e. The number of unbranched alkanes of at least 4 members (excludes halogenated alkanes) is 12. The van der Waals surface area contributed by atoms with Gasteiger partial charge in [-0.05, 0) is 12.8 Å². The van der Waals surface area contributed by atoms with Gasteiger partial charge in [0.1, 0.15) is 6.10 Å². The zero-order valence-corrected chi connectivity index (χ0v) is 17.5. The van der Waals surface area contributed by atoms with Crippen molar-refractivity contribution in [1.82, 2.24) is 0 Å². The highest BCUT2D eigenvalue weighted by molar-refractivity contribution is 5.69. The van der Waals surface area contributed by atoms with Crippen LogP contribution in [0.5, 0.6) is 0 Å². The lowest BCUT2D eigenvalue weighted by Gasteiger charge is -2.15. The second-order valence-corrected chi connectivity index (χ2v) is 7.36. The van der Waals surface area contributed by atoms with Gasteiger partial charge < -0.3 is 14.6 Å². The molecular formula is C22H44O4. The molecule has 1 N–H and O–H groups in total. The molecule has 0 aromatic rings. The van der Waals surface area contributed by atoms with Crippen LogP contribution in [-0.4, -0.2) is 37.0 Å². The zero-order valence-electron chi connectivity index (χ0n) is 17.5. The molecule has 0 radical (unpaired) electrons. The first-order chi connectivity index (χ1) is 12.7. The molecule has 0 saturated heterocycles. The summed E-state index contributed by atoms with van der Waals surface area (Å²) in [4.78, 5) is 11.6. The number of aliphatic hydroxyl groups is 1. The van der Waals surface area contributed by atoms with E-state index in [9.17, 15) is 9.90 Å². The fourth-order valence-corrected chi connectivity index (χ4v) is 2.97. The third-order valence-corrected chi connectivity index (χ3v) is 4.68. The fraction of sp³-hybridized carbons (Fsp3) is 0.955. The summed E-state index contributed by atoms with van der Waals surface area (Å²) in [5, 5.41) is 9.28. The molecule has 0 aromatic heterocycles. The van der Waals surface area contributed by atoms with Crippen LogP contribution in [0.15, 0.2) is 0 Å². The second kappa shape index (κ2) is 20.7. The van der Waals surface area contributed by atoms with E-state index in [1.54, 1.807) is 0 Å². The summed E-state index contributed by atoms with van der Waals surface area (Å²) >= 11 is 0. The van der Waals surface area contributed by atoms with Gasteiger partial charge in [-0.25, -0.2) is 0 Å². The van der Waals surface area contributed by atoms with Crippen molar-refractivity contribution in [3.8, 4) is 0 Å². The van der Waals surface area contributed by atoms with Gasteiger partial charge in [0.2, 0.25) is 0 Å². The topological polar surface area (TPSA) is 55.8 Å². The Kier molecular flexibility index (Phi) is 20.2. The van der Waals surface area contributed by atoms with Crippen molar-refractivity contribution in [1.29, 1.82) is 0 Å². The molecule has 0 bridgehead atoms. The Morgan fingerprint density at radius 1 is 0.769 bits per heavy atom. The van der Waals surface area contributed by atoms with Gasteiger partial charge in [-0.2, -0.15) is 0 Å². The summed E-state index contributed by atoms with van der Waals surface area (Å²) in [7, 11) is 0. The number of rotatable bonds is 20. The standard InChI is InChI=1S/C22H44O4/c1-3-5-7-8-9-10-11-12-13-14-16-18-25-20-21(19-23)26-22(24)17-15-6-4-2/h21,23H,3-20H2,1-2H3. The highest BCUT2D eigenvalue weighted by Crippen LogP contribution is 2.11. The molecule has 0 aliphatic rings. The molecule has 0 rings (SSSR count). The largest absolute Gasteiger partial charge is 0.457 e. The Balaban J connectivity index is 3.37. The van der Waals surface area contributed by atoms with Gasteiger partial charge in [-0.3, -0.25) is 4.79 Å². The Hall–Kier alpha value is -0.610. The zero-order chi connectivity index (χ0) is 19.3. The molecule has 0 heterocycles. The lowest BCUT2D eigenvalue weighted by Crippen LogP contribution is -2.27. The van der Waals surface area contributed by atoms with Gasteiger partial charge >= 0.3 is 5.97 Å². The monoisotopic (exact) mass is 372 g/mol. The average Bonchev–Trinajstić information content (AvgIpc) is 2.64. The summed E-state index contributed by atoms with van der Waals surface area (Å²) in [6, 6.07) is 0. The lowest BCUT2D eigenvalue weighted by atomic mass is 10.1. The maximum absolute atomic E-state index is 11.6. The molecule has 0 aliphatic heterocycles. The highest BCUT2D eigenvalue weighted by Gasteiger charge is 2.13. The van der Waals surface area contributed by atoms with E-state index >= 15 is 0 Å². The SMILES string of the molecule is CCCCCCCCCCCCCOCC(CO)OC(=O)CCCCC. The second-order valence-electron chi connectivity index (χ2n) is 7.36. The van der Waals surface area contributed by atoms with E-state index in [0.29, 0.717) is 19.6 Å². The van der Waals surface area contributed by atoms with E-state index < -0.39 is 6.10 Å². The van der Waals surface area contributed by atoms with Gasteiger partial charge in [0.05, 0.1) is 13.2 Å². The van der Waals surface area contributed by atoms with E-state index in [-0.39, 0.29) is 12.6 Å². The summed E-state index contributed by atoms with van der Waals surface area (Å²) in [5.74, 6) is -0.226. The summed E-state index contributed by atoms with van der Waals surface area (Å²) < 4.78 is 10.8. The van der Waals surface area contributed by atoms with E-state index in [1.165, 1.54) is 64.2 Å². The first kappa shape index (κ1) is 25.4. The summed E-state index contributed by atoms with van der Waals surface area (Å²) in [6.45, 7) is 5.17. The molecule has 0 spiro atoms. The Morgan fingerprint density at radius 2 is 1.27 bits per heavy atom. The van der Waals surface area contributed by atoms with Crippen LogP contribution in [0.25, 0.3) is 0 Å². The van der Waals surface area contributed by atoms with Crippen LogP contribution >= 0.6 is 0 Å². The van der Waals surface area contributed by atoms with Gasteiger partial charge in [0.25, 0.3) is 0 Å². The normalized spacial score (nSPS) is 12.3. The van der Waals surface area contributed by atoms with Crippen molar-refractivity contribution < 1.29 is 19.4 Å². The van der Waals surface area contributed by atoms with Crippen LogP contribution in [0.4, 0.5) is 0 Å². The fourth-order valence-electron chi connectivity index (χ4n) is 2.97. The predicted molar refractivity (Wildman–Crippen MR) is 108 cm³/mol. The number of hydrogen-bond donors (Lipinski definition) is 1. The van der Waals surface area contributed by atoms with E-state index in [2.05, 4.69) is 13.8 Å². The van der Waals surface area contributed by atoms with Crippen LogP contribution in [0.2, 0.25) is 0 Å². The molecule has 4 heteroatoms. The van der Waals surface area contributed by atoms with Crippen molar-refractivity contribution in [2.24, 2.45) is 0 Å². The molecule has 4 nitrogen and oxygen atoms in total. The van der Waals surface area contributed by atoms with Gasteiger partial charge in [0.15, 0.2) is 0 Å². The molecule has 156 valence electrons. The molecule has 0 aliphatic carbocycles. The Labute approximate surface area is 162 Å². The number of carbonyl (C=O) groups is 1. The molecule has 0 fully saturated rings. The van der Waals surface area contributed by atoms with Crippen molar-refractivity contribution in [2.45, 2.75) is 116 Å². The van der Waals surface area contributed by atoms with Gasteiger partial charge in [0, 0.05) is 13.0 Å². The third-order valence-electron chi connectivity index (χ3n) is 4.68. The third kappa shape index (κ3) is 18.2. The Morgan fingerprint density at radius 3 is 1.81 bits per heavy atom. The van der Waals surface area contributed by atoms with E-state index in [1.807, 2.05) is 0 Å². The minimum atomic E-state index is -0.517. The number of carbonyl (C=O) groups excluding carboxylic acids is 1. The summed E-state index contributed by atoms with van der Waals surface area (Å²) in [5.41, 5.74) is 0. The van der Waals surface area contributed by atoms with Crippen LogP contribution in [0.3, 0.4) is 0 Å². The maximum atomic E-state index is 11.6. The molecule has 0 amide bonds. The van der Waals surface area contributed by atoms with Crippen molar-refractivity contribution in [3.63, 3.8) is 0 Å². The van der Waals surface area contributed by atoms with Crippen LogP contribution in [0, 0.1) is 0 Å². The van der Waals surface area contributed by atoms with Gasteiger partial charge in [-0.15, -0.1) is 0 Å². The quantitative estimate of drug-likeness (QED) is 0.217. The molecule has 1 atom stereocenters. The van der Waals surface area contributed by atoms with E-state index in [4.69, 9.17) is 9.47 Å². The summed E-state index contributed by atoms with van der Waals surface area (Å²) in [6.07, 6.45) is 17.3. The maximum Gasteiger partial charge on any atom is 0.306 e. The van der Waals surface area contributed by atoms with Crippen molar-refractivity contribution >= 4 is 5.97 Å². The van der Waals surface area contributed by atoms with Crippen LogP contribution < -0.4 is 0 Å². The molecule has 0 aromatic carbocycles. The number of esters is 1. The molecule has 1 unspecified atom stereocenters. The molecule has 26 heavy (non-hydrogen) atoms. The molecular weight excluding hydrogens is 328 g/mol. The number of aliphatic hydroxyl groups excluding tert-OH is 1. The smallest absolute Gasteiger partial charge is 0.306 e. The van der Waals surface area contributed by atoms with Gasteiger partial charge in [-0.1, -0.05) is 90.9 Å². The highest BCUT2D eigenvalue weighted by atomic mass is 16.6. The number of ether oxygens (including phenoxy) is 2. The van der Waals surface area contributed by atoms with Crippen molar-refractivity contribution in [2.75, 3.05) is 19.8 Å². The molecule has 0 saturated carbocycles.